The molecule has 14 heavy (non-hydrogen) atoms. The van der Waals surface area contributed by atoms with Crippen molar-refractivity contribution >= 4 is 19.3 Å². The van der Waals surface area contributed by atoms with Crippen molar-refractivity contribution in [1.29, 1.82) is 0 Å². The van der Waals surface area contributed by atoms with Gasteiger partial charge in [-0.3, -0.25) is 0 Å². The Hall–Kier alpha value is -1.69. The number of anilines is 1. The van der Waals surface area contributed by atoms with E-state index >= 15 is 0 Å². The Morgan fingerprint density at radius 1 is 1.50 bits per heavy atom. The molecule has 0 aromatic heterocycles. The average molecular weight is 194 g/mol. The van der Waals surface area contributed by atoms with Crippen LogP contribution in [-0.4, -0.2) is 30.9 Å². The van der Waals surface area contributed by atoms with E-state index in [4.69, 9.17) is 5.11 Å². The fourth-order valence-corrected chi connectivity index (χ4v) is 0.945. The lowest BCUT2D eigenvalue weighted by molar-refractivity contribution is 0.0696. The predicted molar refractivity (Wildman–Crippen MR) is 51.5 cm³/mol. The summed E-state index contributed by atoms with van der Waals surface area (Å²) < 4.78 is 4.62. The average Bonchev–Trinajstić information content (AvgIpc) is 2.14. The van der Waals surface area contributed by atoms with E-state index in [1.165, 1.54) is 32.9 Å². The van der Waals surface area contributed by atoms with E-state index in [9.17, 15) is 9.90 Å². The van der Waals surface area contributed by atoms with E-state index in [1.54, 1.807) is 0 Å². The number of nitrogens with one attached hydrogen (secondary N) is 1. The lowest BCUT2D eigenvalue weighted by Gasteiger charge is -2.05. The van der Waals surface area contributed by atoms with Gasteiger partial charge in [0.15, 0.2) is 0 Å². The molecule has 73 valence electrons. The number of aromatic carboxylic acids is 1. The van der Waals surface area contributed by atoms with Crippen LogP contribution in [0.5, 0.6) is 5.75 Å². The Labute approximate surface area is 81.6 Å². The SMILES string of the molecule is CO[B]Nc1cc(O)cc(C(=O)O)c1. The van der Waals surface area contributed by atoms with E-state index in [-0.39, 0.29) is 11.3 Å². The second kappa shape index (κ2) is 4.52. The predicted octanol–water partition coefficient (Wildman–Crippen LogP) is 0.683. The van der Waals surface area contributed by atoms with Gasteiger partial charge < -0.3 is 20.1 Å². The maximum absolute atomic E-state index is 10.6. The van der Waals surface area contributed by atoms with Crippen molar-refractivity contribution in [2.75, 3.05) is 12.3 Å². The molecule has 0 amide bonds. The molecule has 0 spiro atoms. The number of phenols is 1. The van der Waals surface area contributed by atoms with Gasteiger partial charge in [0.1, 0.15) is 5.75 Å². The topological polar surface area (TPSA) is 78.8 Å². The molecule has 0 bridgehead atoms. The number of carboxylic acid groups (broad SMARTS) is 1. The van der Waals surface area contributed by atoms with Gasteiger partial charge in [-0.15, -0.1) is 0 Å². The first kappa shape index (κ1) is 10.4. The van der Waals surface area contributed by atoms with E-state index < -0.39 is 5.97 Å². The van der Waals surface area contributed by atoms with Gasteiger partial charge in [0.2, 0.25) is 0 Å². The first-order valence-electron chi connectivity index (χ1n) is 3.82. The molecule has 3 N–H and O–H groups in total. The first-order chi connectivity index (χ1) is 6.63. The maximum atomic E-state index is 10.6. The summed E-state index contributed by atoms with van der Waals surface area (Å²) in [6, 6.07) is 3.94. The van der Waals surface area contributed by atoms with Crippen molar-refractivity contribution in [1.82, 2.24) is 0 Å². The van der Waals surface area contributed by atoms with Crippen LogP contribution in [0.15, 0.2) is 18.2 Å². The van der Waals surface area contributed by atoms with E-state index in [0.717, 1.165) is 0 Å². The second-order valence-electron chi connectivity index (χ2n) is 2.57. The molecule has 1 aromatic carbocycles. The molecule has 5 nitrogen and oxygen atoms in total. The van der Waals surface area contributed by atoms with Crippen molar-refractivity contribution in [2.45, 2.75) is 0 Å². The van der Waals surface area contributed by atoms with E-state index in [0.29, 0.717) is 5.69 Å². The molecular weight excluding hydrogens is 185 g/mol. The van der Waals surface area contributed by atoms with Gasteiger partial charge in [0, 0.05) is 18.9 Å². The van der Waals surface area contributed by atoms with Crippen LogP contribution in [0.3, 0.4) is 0 Å². The number of hydrogen-bond donors (Lipinski definition) is 3. The summed E-state index contributed by atoms with van der Waals surface area (Å²) in [4.78, 5) is 10.6. The van der Waals surface area contributed by atoms with E-state index in [1.807, 2.05) is 0 Å². The van der Waals surface area contributed by atoms with Crippen LogP contribution in [0.25, 0.3) is 0 Å². The zero-order chi connectivity index (χ0) is 10.6. The molecule has 0 unspecified atom stereocenters. The summed E-state index contributed by atoms with van der Waals surface area (Å²) in [6.45, 7) is 0. The molecule has 0 heterocycles. The van der Waals surface area contributed by atoms with Gasteiger partial charge in [-0.1, -0.05) is 0 Å². The third-order valence-corrected chi connectivity index (χ3v) is 1.51. The highest BCUT2D eigenvalue weighted by atomic mass is 16.4. The lowest BCUT2D eigenvalue weighted by atomic mass is 10.1. The number of aromatic hydroxyl groups is 1. The van der Waals surface area contributed by atoms with Crippen LogP contribution in [0.4, 0.5) is 5.69 Å². The lowest BCUT2D eigenvalue weighted by Crippen LogP contribution is -2.08. The highest BCUT2D eigenvalue weighted by molar-refractivity contribution is 6.32. The monoisotopic (exact) mass is 194 g/mol. The smallest absolute Gasteiger partial charge is 0.435 e. The van der Waals surface area contributed by atoms with Crippen molar-refractivity contribution in [3.05, 3.63) is 23.8 Å². The summed E-state index contributed by atoms with van der Waals surface area (Å²) >= 11 is 0. The number of carboxylic acids is 1. The molecule has 1 radical (unpaired) electrons. The van der Waals surface area contributed by atoms with Crippen molar-refractivity contribution in [3.8, 4) is 5.75 Å². The number of phenolic OH excluding ortho intramolecular Hbond substituents is 1. The molecule has 1 rings (SSSR count). The fourth-order valence-electron chi connectivity index (χ4n) is 0.945. The molecule has 0 saturated heterocycles. The zero-order valence-corrected chi connectivity index (χ0v) is 7.52. The van der Waals surface area contributed by atoms with Crippen LogP contribution in [0.2, 0.25) is 0 Å². The Balaban J connectivity index is 2.89. The molecule has 0 atom stereocenters. The second-order valence-corrected chi connectivity index (χ2v) is 2.57. The highest BCUT2D eigenvalue weighted by Gasteiger charge is 2.06. The van der Waals surface area contributed by atoms with Crippen molar-refractivity contribution in [2.24, 2.45) is 0 Å². The minimum absolute atomic E-state index is 0.0111. The minimum Gasteiger partial charge on any atom is -0.508 e. The minimum atomic E-state index is -1.10. The van der Waals surface area contributed by atoms with Crippen molar-refractivity contribution in [3.63, 3.8) is 0 Å². The van der Waals surface area contributed by atoms with Crippen LogP contribution in [0, 0.1) is 0 Å². The van der Waals surface area contributed by atoms with Crippen LogP contribution >= 0.6 is 0 Å². The van der Waals surface area contributed by atoms with Crippen molar-refractivity contribution < 1.29 is 19.7 Å². The molecule has 0 aliphatic rings. The van der Waals surface area contributed by atoms with Gasteiger partial charge in [0.25, 0.3) is 0 Å². The summed E-state index contributed by atoms with van der Waals surface area (Å²) in [5.74, 6) is -1.21. The summed E-state index contributed by atoms with van der Waals surface area (Å²) in [5.41, 5.74) is 0.459. The Bertz CT molecular complexity index is 342. The molecule has 0 saturated carbocycles. The molecule has 0 aliphatic heterocycles. The summed E-state index contributed by atoms with van der Waals surface area (Å²) in [7, 11) is 2.73. The highest BCUT2D eigenvalue weighted by Crippen LogP contribution is 2.19. The normalized spacial score (nSPS) is 9.50. The van der Waals surface area contributed by atoms with Crippen LogP contribution < -0.4 is 5.23 Å². The summed E-state index contributed by atoms with van der Waals surface area (Å²) in [5, 5.41) is 20.5. The van der Waals surface area contributed by atoms with Gasteiger partial charge in [-0.05, 0) is 12.1 Å². The Morgan fingerprint density at radius 2 is 2.21 bits per heavy atom. The summed E-state index contributed by atoms with van der Waals surface area (Å²) in [6.07, 6.45) is 0. The van der Waals surface area contributed by atoms with Gasteiger partial charge in [-0.2, -0.15) is 0 Å². The van der Waals surface area contributed by atoms with Crippen LogP contribution in [0.1, 0.15) is 10.4 Å². The third kappa shape index (κ3) is 2.67. The number of carbonyl (C=O) groups is 1. The third-order valence-electron chi connectivity index (χ3n) is 1.51. The van der Waals surface area contributed by atoms with Gasteiger partial charge >= 0.3 is 13.6 Å². The number of rotatable bonds is 4. The van der Waals surface area contributed by atoms with E-state index in [2.05, 4.69) is 9.88 Å². The molecule has 1 aromatic rings. The largest absolute Gasteiger partial charge is 0.508 e. The Morgan fingerprint density at radius 3 is 2.79 bits per heavy atom. The fraction of sp³-hybridized carbons (Fsp3) is 0.125. The molecule has 0 fully saturated rings. The quantitative estimate of drug-likeness (QED) is 0.614. The maximum Gasteiger partial charge on any atom is 0.435 e. The van der Waals surface area contributed by atoms with Crippen LogP contribution in [-0.2, 0) is 4.65 Å². The Kier molecular flexibility index (Phi) is 3.36. The molecule has 0 aliphatic carbocycles. The molecular formula is C8H9BNO4. The standard InChI is InChI=1S/C8H9BNO4/c1-14-9-10-6-2-5(8(12)13)3-7(11)4-6/h2-4,10-11H,1H3,(H,12,13). The molecule has 6 heteroatoms. The van der Waals surface area contributed by atoms with Gasteiger partial charge in [0.05, 0.1) is 5.56 Å². The number of benzene rings is 1. The number of hydrogen-bond acceptors (Lipinski definition) is 4. The zero-order valence-electron chi connectivity index (χ0n) is 7.52. The first-order valence-corrected chi connectivity index (χ1v) is 3.82. The van der Waals surface area contributed by atoms with Gasteiger partial charge in [-0.25, -0.2) is 4.79 Å².